The fourth-order valence-electron chi connectivity index (χ4n) is 2.72. The van der Waals surface area contributed by atoms with Crippen molar-refractivity contribution >= 4 is 16.7 Å². The third-order valence-corrected chi connectivity index (χ3v) is 4.96. The van der Waals surface area contributed by atoms with Crippen molar-refractivity contribution in [2.75, 3.05) is 18.6 Å². The first-order valence-electron chi connectivity index (χ1n) is 7.31. The van der Waals surface area contributed by atoms with E-state index in [1.54, 1.807) is 6.26 Å². The summed E-state index contributed by atoms with van der Waals surface area (Å²) in [6, 6.07) is 0.0723. The Hall–Kier alpha value is -0.420. The van der Waals surface area contributed by atoms with E-state index >= 15 is 0 Å². The van der Waals surface area contributed by atoms with E-state index in [9.17, 15) is 9.00 Å². The fraction of sp³-hybridized carbons (Fsp3) is 0.929. The molecule has 3 N–H and O–H groups in total. The minimum atomic E-state index is -0.797. The zero-order chi connectivity index (χ0) is 14.3. The third kappa shape index (κ3) is 5.22. The lowest BCUT2D eigenvalue weighted by molar-refractivity contribution is -0.132. The molecule has 1 amide bonds. The summed E-state index contributed by atoms with van der Waals surface area (Å²) in [5, 5.41) is 3.07. The maximum absolute atomic E-state index is 12.5. The molecule has 1 fully saturated rings. The Labute approximate surface area is 119 Å². The number of hydrogen-bond acceptors (Lipinski definition) is 3. The standard InChI is InChI=1S/C14H28N2O2S/c1-12(7-10-19(2)18)16-13(17)14(11-15)8-5-3-4-6-9-14/h12H,3-11,15H2,1-2H3,(H,16,17). The molecule has 1 saturated carbocycles. The summed E-state index contributed by atoms with van der Waals surface area (Å²) in [7, 11) is -0.797. The van der Waals surface area contributed by atoms with Crippen LogP contribution in [0.4, 0.5) is 0 Å². The van der Waals surface area contributed by atoms with E-state index in [-0.39, 0.29) is 17.4 Å². The highest BCUT2D eigenvalue weighted by atomic mass is 32.2. The molecule has 2 atom stereocenters. The van der Waals surface area contributed by atoms with Gasteiger partial charge in [0.2, 0.25) is 5.91 Å². The van der Waals surface area contributed by atoms with Crippen molar-refractivity contribution in [1.82, 2.24) is 5.32 Å². The second-order valence-corrected chi connectivity index (χ2v) is 7.39. The van der Waals surface area contributed by atoms with Crippen LogP contribution in [-0.2, 0) is 15.6 Å². The second kappa shape index (κ2) is 8.00. The minimum absolute atomic E-state index is 0.0723. The van der Waals surface area contributed by atoms with Crippen molar-refractivity contribution in [3.63, 3.8) is 0 Å². The SMILES string of the molecule is CC(CCS(C)=O)NC(=O)C1(CN)CCCCCC1. The topological polar surface area (TPSA) is 72.2 Å². The molecule has 0 radical (unpaired) electrons. The van der Waals surface area contributed by atoms with Crippen molar-refractivity contribution in [2.24, 2.45) is 11.1 Å². The first-order chi connectivity index (χ1) is 9.00. The molecule has 1 aliphatic carbocycles. The molecule has 0 saturated heterocycles. The quantitative estimate of drug-likeness (QED) is 0.729. The molecule has 0 bridgehead atoms. The van der Waals surface area contributed by atoms with Crippen LogP contribution in [0.1, 0.15) is 51.9 Å². The highest BCUT2D eigenvalue weighted by molar-refractivity contribution is 7.84. The molecule has 0 aromatic carbocycles. The number of rotatable bonds is 6. The number of amides is 1. The van der Waals surface area contributed by atoms with Gasteiger partial charge in [-0.1, -0.05) is 25.7 Å². The Morgan fingerprint density at radius 3 is 2.37 bits per heavy atom. The van der Waals surface area contributed by atoms with Gasteiger partial charge in [0.15, 0.2) is 0 Å². The van der Waals surface area contributed by atoms with Gasteiger partial charge in [-0.25, -0.2) is 0 Å². The van der Waals surface area contributed by atoms with Gasteiger partial charge in [0.05, 0.1) is 5.41 Å². The van der Waals surface area contributed by atoms with Crippen LogP contribution >= 0.6 is 0 Å². The van der Waals surface area contributed by atoms with Gasteiger partial charge in [0.25, 0.3) is 0 Å². The molecule has 2 unspecified atom stereocenters. The molecular weight excluding hydrogens is 260 g/mol. The number of nitrogens with two attached hydrogens (primary N) is 1. The lowest BCUT2D eigenvalue weighted by Gasteiger charge is -2.31. The van der Waals surface area contributed by atoms with Gasteiger partial charge in [-0.05, 0) is 26.2 Å². The largest absolute Gasteiger partial charge is 0.353 e. The Morgan fingerprint density at radius 1 is 1.32 bits per heavy atom. The van der Waals surface area contributed by atoms with Gasteiger partial charge in [-0.2, -0.15) is 0 Å². The Balaban J connectivity index is 2.55. The van der Waals surface area contributed by atoms with E-state index in [4.69, 9.17) is 5.73 Å². The number of hydrogen-bond donors (Lipinski definition) is 2. The van der Waals surface area contributed by atoms with E-state index in [0.29, 0.717) is 12.3 Å². The monoisotopic (exact) mass is 288 g/mol. The normalized spacial score (nSPS) is 22.3. The molecule has 112 valence electrons. The van der Waals surface area contributed by atoms with Crippen LogP contribution in [0.25, 0.3) is 0 Å². The summed E-state index contributed by atoms with van der Waals surface area (Å²) >= 11 is 0. The lowest BCUT2D eigenvalue weighted by Crippen LogP contribution is -2.48. The van der Waals surface area contributed by atoms with Crippen LogP contribution in [0.2, 0.25) is 0 Å². The van der Waals surface area contributed by atoms with Crippen LogP contribution in [0.15, 0.2) is 0 Å². The smallest absolute Gasteiger partial charge is 0.227 e. The Morgan fingerprint density at radius 2 is 1.89 bits per heavy atom. The zero-order valence-electron chi connectivity index (χ0n) is 12.2. The molecule has 0 spiro atoms. The molecule has 5 heteroatoms. The molecule has 0 aliphatic heterocycles. The van der Waals surface area contributed by atoms with Crippen LogP contribution in [0.3, 0.4) is 0 Å². The number of carbonyl (C=O) groups is 1. The van der Waals surface area contributed by atoms with Crippen LogP contribution in [0.5, 0.6) is 0 Å². The van der Waals surface area contributed by atoms with E-state index in [1.165, 1.54) is 12.8 Å². The first-order valence-corrected chi connectivity index (χ1v) is 9.04. The highest BCUT2D eigenvalue weighted by Crippen LogP contribution is 2.34. The Bertz CT molecular complexity index is 313. The molecular formula is C14H28N2O2S. The number of nitrogens with one attached hydrogen (secondary N) is 1. The molecule has 0 aromatic heterocycles. The highest BCUT2D eigenvalue weighted by Gasteiger charge is 2.37. The summed E-state index contributed by atoms with van der Waals surface area (Å²) in [5.74, 6) is 0.739. The van der Waals surface area contributed by atoms with Gasteiger partial charge in [0, 0.05) is 35.4 Å². The summed E-state index contributed by atoms with van der Waals surface area (Å²) in [6.45, 7) is 2.41. The predicted octanol–water partition coefficient (Wildman–Crippen LogP) is 1.56. The van der Waals surface area contributed by atoms with E-state index in [2.05, 4.69) is 5.32 Å². The molecule has 0 aromatic rings. The van der Waals surface area contributed by atoms with Crippen molar-refractivity contribution in [2.45, 2.75) is 57.9 Å². The van der Waals surface area contributed by atoms with Gasteiger partial charge < -0.3 is 11.1 Å². The molecule has 1 rings (SSSR count). The van der Waals surface area contributed by atoms with Crippen LogP contribution < -0.4 is 11.1 Å². The number of carbonyl (C=O) groups excluding carboxylic acids is 1. The summed E-state index contributed by atoms with van der Waals surface area (Å²) in [5.41, 5.74) is 5.53. The summed E-state index contributed by atoms with van der Waals surface area (Å²) in [6.07, 6.45) is 8.87. The summed E-state index contributed by atoms with van der Waals surface area (Å²) in [4.78, 5) is 12.5. The maximum Gasteiger partial charge on any atom is 0.227 e. The van der Waals surface area contributed by atoms with E-state index in [1.807, 2.05) is 6.92 Å². The van der Waals surface area contributed by atoms with Crippen LogP contribution in [0, 0.1) is 5.41 Å². The molecule has 19 heavy (non-hydrogen) atoms. The van der Waals surface area contributed by atoms with Crippen molar-refractivity contribution in [3.8, 4) is 0 Å². The molecule has 0 heterocycles. The van der Waals surface area contributed by atoms with E-state index in [0.717, 1.165) is 32.1 Å². The van der Waals surface area contributed by atoms with Gasteiger partial charge in [0.1, 0.15) is 0 Å². The maximum atomic E-state index is 12.5. The zero-order valence-corrected chi connectivity index (χ0v) is 13.1. The Kier molecular flexibility index (Phi) is 7.00. The van der Waals surface area contributed by atoms with Crippen molar-refractivity contribution < 1.29 is 9.00 Å². The van der Waals surface area contributed by atoms with Crippen molar-refractivity contribution in [3.05, 3.63) is 0 Å². The fourth-order valence-corrected chi connectivity index (χ4v) is 3.41. The minimum Gasteiger partial charge on any atom is -0.353 e. The van der Waals surface area contributed by atoms with Gasteiger partial charge in [-0.15, -0.1) is 0 Å². The molecule has 1 aliphatic rings. The van der Waals surface area contributed by atoms with Crippen LogP contribution in [-0.4, -0.2) is 34.7 Å². The second-order valence-electron chi connectivity index (χ2n) is 5.84. The summed E-state index contributed by atoms with van der Waals surface area (Å²) < 4.78 is 11.1. The lowest BCUT2D eigenvalue weighted by atomic mass is 9.79. The first kappa shape index (κ1) is 16.6. The average Bonchev–Trinajstić information content (AvgIpc) is 2.62. The van der Waals surface area contributed by atoms with Crippen molar-refractivity contribution in [1.29, 1.82) is 0 Å². The average molecular weight is 288 g/mol. The van der Waals surface area contributed by atoms with E-state index < -0.39 is 10.8 Å². The predicted molar refractivity (Wildman–Crippen MR) is 80.3 cm³/mol. The molecule has 4 nitrogen and oxygen atoms in total. The third-order valence-electron chi connectivity index (χ3n) is 4.15. The van der Waals surface area contributed by atoms with Gasteiger partial charge >= 0.3 is 0 Å². The van der Waals surface area contributed by atoms with Gasteiger partial charge in [-0.3, -0.25) is 9.00 Å².